The molecule has 3 rings (SSSR count). The molecule has 0 atom stereocenters. The molecule has 0 saturated heterocycles. The van der Waals surface area contributed by atoms with Crippen LogP contribution in [0.4, 0.5) is 5.82 Å². The molecule has 0 aliphatic carbocycles. The maximum atomic E-state index is 12.5. The fourth-order valence-electron chi connectivity index (χ4n) is 2.38. The largest absolute Gasteiger partial charge is 0.332 e. The Hall–Kier alpha value is -3.48. The van der Waals surface area contributed by atoms with Gasteiger partial charge in [-0.25, -0.2) is 9.97 Å². The second kappa shape index (κ2) is 7.60. The first-order valence-corrected chi connectivity index (χ1v) is 8.10. The van der Waals surface area contributed by atoms with Gasteiger partial charge in [0.2, 0.25) is 5.91 Å². The van der Waals surface area contributed by atoms with Crippen LogP contribution in [-0.4, -0.2) is 44.8 Å². The Kier molecular flexibility index (Phi) is 5.07. The summed E-state index contributed by atoms with van der Waals surface area (Å²) in [4.78, 5) is 34.3. The number of carbonyl (C=O) groups is 2. The van der Waals surface area contributed by atoms with Crippen LogP contribution < -0.4 is 5.32 Å². The highest BCUT2D eigenvalue weighted by Crippen LogP contribution is 2.09. The van der Waals surface area contributed by atoms with Crippen molar-refractivity contribution in [1.29, 1.82) is 0 Å². The molecular weight excluding hydrogens is 330 g/mol. The van der Waals surface area contributed by atoms with Crippen molar-refractivity contribution in [2.24, 2.45) is 0 Å². The van der Waals surface area contributed by atoms with Gasteiger partial charge in [0.25, 0.3) is 5.91 Å². The molecule has 132 valence electrons. The SMILES string of the molecule is Cc1ccc(NC(=O)CN(C)C(=O)c2ccc(-n3cccc3)nc2)nc1. The first-order chi connectivity index (χ1) is 12.5. The van der Waals surface area contributed by atoms with Crippen molar-refractivity contribution < 1.29 is 9.59 Å². The third-order valence-electron chi connectivity index (χ3n) is 3.77. The Morgan fingerprint density at radius 3 is 2.46 bits per heavy atom. The summed E-state index contributed by atoms with van der Waals surface area (Å²) >= 11 is 0. The molecule has 0 aliphatic rings. The molecule has 0 saturated carbocycles. The molecule has 1 N–H and O–H groups in total. The highest BCUT2D eigenvalue weighted by Gasteiger charge is 2.16. The zero-order chi connectivity index (χ0) is 18.5. The first-order valence-electron chi connectivity index (χ1n) is 8.10. The zero-order valence-electron chi connectivity index (χ0n) is 14.6. The van der Waals surface area contributed by atoms with Crippen molar-refractivity contribution in [3.8, 4) is 5.82 Å². The number of aromatic nitrogens is 3. The zero-order valence-corrected chi connectivity index (χ0v) is 14.6. The lowest BCUT2D eigenvalue weighted by Gasteiger charge is -2.16. The van der Waals surface area contributed by atoms with E-state index in [0.29, 0.717) is 11.4 Å². The molecule has 0 fully saturated rings. The van der Waals surface area contributed by atoms with Crippen molar-refractivity contribution >= 4 is 17.6 Å². The Bertz CT molecular complexity index is 887. The normalized spacial score (nSPS) is 10.4. The van der Waals surface area contributed by atoms with Crippen molar-refractivity contribution in [1.82, 2.24) is 19.4 Å². The molecular formula is C19H19N5O2. The van der Waals surface area contributed by atoms with Gasteiger partial charge in [-0.15, -0.1) is 0 Å². The molecule has 3 aromatic rings. The van der Waals surface area contributed by atoms with E-state index in [1.807, 2.05) is 42.1 Å². The van der Waals surface area contributed by atoms with E-state index in [-0.39, 0.29) is 18.4 Å². The number of anilines is 1. The molecule has 0 unspecified atom stereocenters. The van der Waals surface area contributed by atoms with E-state index < -0.39 is 0 Å². The predicted octanol–water partition coefficient (Wildman–Crippen LogP) is 2.29. The number of aryl methyl sites for hydroxylation is 1. The van der Waals surface area contributed by atoms with Gasteiger partial charge in [-0.1, -0.05) is 6.07 Å². The standard InChI is InChI=1S/C19H19N5O2/c1-14-5-7-16(20-11-14)22-18(25)13-23(2)19(26)15-6-8-17(21-12-15)24-9-3-4-10-24/h3-12H,13H2,1-2H3,(H,20,22,25). The quantitative estimate of drug-likeness (QED) is 0.766. The van der Waals surface area contributed by atoms with Crippen LogP contribution in [0.3, 0.4) is 0 Å². The van der Waals surface area contributed by atoms with E-state index in [4.69, 9.17) is 0 Å². The molecule has 0 aromatic carbocycles. The van der Waals surface area contributed by atoms with Gasteiger partial charge >= 0.3 is 0 Å². The minimum atomic E-state index is -0.311. The van der Waals surface area contributed by atoms with Crippen molar-refractivity contribution in [3.05, 3.63) is 72.3 Å². The fraction of sp³-hybridized carbons (Fsp3) is 0.158. The number of hydrogen-bond acceptors (Lipinski definition) is 4. The first kappa shape index (κ1) is 17.3. The minimum Gasteiger partial charge on any atom is -0.332 e. The maximum Gasteiger partial charge on any atom is 0.255 e. The maximum absolute atomic E-state index is 12.5. The number of carbonyl (C=O) groups excluding carboxylic acids is 2. The van der Waals surface area contributed by atoms with Crippen LogP contribution in [0.1, 0.15) is 15.9 Å². The van der Waals surface area contributed by atoms with Crippen molar-refractivity contribution in [2.45, 2.75) is 6.92 Å². The van der Waals surface area contributed by atoms with E-state index >= 15 is 0 Å². The lowest BCUT2D eigenvalue weighted by Crippen LogP contribution is -2.35. The van der Waals surface area contributed by atoms with Crippen LogP contribution in [0.15, 0.2) is 61.2 Å². The molecule has 0 aliphatic heterocycles. The number of nitrogens with one attached hydrogen (secondary N) is 1. The number of amides is 2. The summed E-state index contributed by atoms with van der Waals surface area (Å²) in [6.45, 7) is 1.84. The van der Waals surface area contributed by atoms with Crippen LogP contribution in [0, 0.1) is 6.92 Å². The summed E-state index contributed by atoms with van der Waals surface area (Å²) in [6.07, 6.45) is 6.93. The second-order valence-corrected chi connectivity index (χ2v) is 5.93. The number of likely N-dealkylation sites (N-methyl/N-ethyl adjacent to an activating group) is 1. The Labute approximate surface area is 151 Å². The highest BCUT2D eigenvalue weighted by atomic mass is 16.2. The van der Waals surface area contributed by atoms with Gasteiger partial charge in [0.1, 0.15) is 11.6 Å². The summed E-state index contributed by atoms with van der Waals surface area (Å²) in [5.74, 6) is 0.592. The molecule has 2 amide bonds. The summed E-state index contributed by atoms with van der Waals surface area (Å²) in [6, 6.07) is 10.8. The van der Waals surface area contributed by atoms with Gasteiger partial charge in [0.15, 0.2) is 0 Å². The number of rotatable bonds is 5. The van der Waals surface area contributed by atoms with E-state index in [0.717, 1.165) is 11.4 Å². The van der Waals surface area contributed by atoms with E-state index in [9.17, 15) is 9.59 Å². The van der Waals surface area contributed by atoms with Crippen LogP contribution >= 0.6 is 0 Å². The molecule has 0 bridgehead atoms. The second-order valence-electron chi connectivity index (χ2n) is 5.93. The van der Waals surface area contributed by atoms with Crippen LogP contribution in [0.25, 0.3) is 5.82 Å². The van der Waals surface area contributed by atoms with Crippen LogP contribution in [0.5, 0.6) is 0 Å². The van der Waals surface area contributed by atoms with E-state index in [2.05, 4.69) is 15.3 Å². The lowest BCUT2D eigenvalue weighted by molar-refractivity contribution is -0.116. The fourth-order valence-corrected chi connectivity index (χ4v) is 2.38. The van der Waals surface area contributed by atoms with Gasteiger partial charge in [-0.05, 0) is 42.8 Å². The minimum absolute atomic E-state index is 0.0757. The molecule has 0 spiro atoms. The summed E-state index contributed by atoms with van der Waals surface area (Å²) in [5.41, 5.74) is 1.43. The Morgan fingerprint density at radius 2 is 1.85 bits per heavy atom. The molecule has 0 radical (unpaired) electrons. The molecule has 7 nitrogen and oxygen atoms in total. The predicted molar refractivity (Wildman–Crippen MR) is 98.1 cm³/mol. The van der Waals surface area contributed by atoms with E-state index in [1.165, 1.54) is 11.1 Å². The Morgan fingerprint density at radius 1 is 1.08 bits per heavy atom. The summed E-state index contributed by atoms with van der Waals surface area (Å²) < 4.78 is 1.85. The van der Waals surface area contributed by atoms with Gasteiger partial charge in [0.05, 0.1) is 12.1 Å². The van der Waals surface area contributed by atoms with E-state index in [1.54, 1.807) is 31.4 Å². The van der Waals surface area contributed by atoms with Gasteiger partial charge in [-0.3, -0.25) is 9.59 Å². The van der Waals surface area contributed by atoms with Gasteiger partial charge < -0.3 is 14.8 Å². The van der Waals surface area contributed by atoms with Crippen LogP contribution in [0.2, 0.25) is 0 Å². The lowest BCUT2D eigenvalue weighted by atomic mass is 10.2. The summed E-state index contributed by atoms with van der Waals surface area (Å²) in [5, 5.41) is 2.67. The average molecular weight is 349 g/mol. The molecule has 26 heavy (non-hydrogen) atoms. The number of pyridine rings is 2. The van der Waals surface area contributed by atoms with Crippen molar-refractivity contribution in [2.75, 3.05) is 18.9 Å². The molecule has 3 aromatic heterocycles. The van der Waals surface area contributed by atoms with Crippen molar-refractivity contribution in [3.63, 3.8) is 0 Å². The third-order valence-corrected chi connectivity index (χ3v) is 3.77. The Balaban J connectivity index is 1.60. The topological polar surface area (TPSA) is 80.1 Å². The average Bonchev–Trinajstić information content (AvgIpc) is 3.18. The van der Waals surface area contributed by atoms with Crippen LogP contribution in [-0.2, 0) is 4.79 Å². The molecule has 3 heterocycles. The smallest absolute Gasteiger partial charge is 0.255 e. The monoisotopic (exact) mass is 349 g/mol. The molecule has 7 heteroatoms. The number of nitrogens with zero attached hydrogens (tertiary/aromatic N) is 4. The summed E-state index contributed by atoms with van der Waals surface area (Å²) in [7, 11) is 1.57. The van der Waals surface area contributed by atoms with Gasteiger partial charge in [-0.2, -0.15) is 0 Å². The third kappa shape index (κ3) is 4.13. The highest BCUT2D eigenvalue weighted by molar-refractivity contribution is 5.98. The number of hydrogen-bond donors (Lipinski definition) is 1. The van der Waals surface area contributed by atoms with Gasteiger partial charge in [0, 0.05) is 31.8 Å².